The van der Waals surface area contributed by atoms with E-state index in [-0.39, 0.29) is 37.6 Å². The molecule has 2 saturated heterocycles. The second-order valence-electron chi connectivity index (χ2n) is 16.8. The number of imide groups is 1. The number of ether oxygens (including phenoxy) is 10. The van der Waals surface area contributed by atoms with Crippen LogP contribution in [0.15, 0.2) is 84.9 Å². The molecule has 3 amide bonds. The zero-order valence-electron chi connectivity index (χ0n) is 39.1. The Morgan fingerprint density at radius 3 is 1.79 bits per heavy atom. The van der Waals surface area contributed by atoms with Gasteiger partial charge in [-0.2, -0.15) is 0 Å². The lowest BCUT2D eigenvalue weighted by Crippen LogP contribution is -2.71. The standard InChI is InChI=1S/C49H56Cl4N2O16/c1-29(56)64-27-37-40(67-30(2)57)42(68-31(3)58)38(54-48(61)66-28-49(51,52)53)46(69-37)71-41-36(26-62-24-32-16-8-6-9-17-32)70-47(63-23-15-5-4-14-22-50)39(43(41)65-25-33-18-10-7-11-19-33)55-44(59)34-20-12-13-21-35(34)45(55)60/h6-13,16-21,36-43,46-47H,4-5,14-15,22-28H2,1-3H3,(H,54,61)/t36-,37-,38-,39-,40+,41-,42-,43-,46+,47-/m1/s1. The molecule has 3 aliphatic rings. The molecule has 0 aliphatic carbocycles. The summed E-state index contributed by atoms with van der Waals surface area (Å²) in [4.78, 5) is 81.7. The van der Waals surface area contributed by atoms with Crippen molar-refractivity contribution in [3.63, 3.8) is 0 Å². The van der Waals surface area contributed by atoms with Gasteiger partial charge in [-0.25, -0.2) is 4.79 Å². The summed E-state index contributed by atoms with van der Waals surface area (Å²) in [5.41, 5.74) is 1.77. The topological polar surface area (TPSA) is 210 Å². The fourth-order valence-corrected chi connectivity index (χ4v) is 8.66. The van der Waals surface area contributed by atoms with Crippen molar-refractivity contribution in [1.29, 1.82) is 0 Å². The van der Waals surface area contributed by atoms with Crippen molar-refractivity contribution < 1.29 is 76.1 Å². The number of halogens is 4. The van der Waals surface area contributed by atoms with Crippen LogP contribution in [0.25, 0.3) is 0 Å². The van der Waals surface area contributed by atoms with E-state index in [1.807, 2.05) is 48.5 Å². The summed E-state index contributed by atoms with van der Waals surface area (Å²) in [5.74, 6) is -3.33. The average Bonchev–Trinajstić information content (AvgIpc) is 3.58. The zero-order chi connectivity index (χ0) is 51.1. The van der Waals surface area contributed by atoms with Gasteiger partial charge in [-0.1, -0.05) is 120 Å². The van der Waals surface area contributed by atoms with Gasteiger partial charge in [0.1, 0.15) is 49.7 Å². The van der Waals surface area contributed by atoms with Gasteiger partial charge in [0.15, 0.2) is 24.8 Å². The van der Waals surface area contributed by atoms with Crippen LogP contribution in [0.1, 0.15) is 78.3 Å². The van der Waals surface area contributed by atoms with Gasteiger partial charge in [-0.3, -0.25) is 28.9 Å². The van der Waals surface area contributed by atoms with Crippen LogP contribution < -0.4 is 5.32 Å². The van der Waals surface area contributed by atoms with Crippen molar-refractivity contribution in [2.45, 2.75) is 125 Å². The molecule has 22 heteroatoms. The molecular weight excluding hydrogens is 1010 g/mol. The Kier molecular flexibility index (Phi) is 21.1. The van der Waals surface area contributed by atoms with Crippen molar-refractivity contribution in [2.24, 2.45) is 0 Å². The number of hydrogen-bond acceptors (Lipinski definition) is 16. The van der Waals surface area contributed by atoms with E-state index in [0.717, 1.165) is 50.5 Å². The number of alkyl carbamates (subject to hydrolysis) is 1. The molecule has 0 aromatic heterocycles. The van der Waals surface area contributed by atoms with Crippen molar-refractivity contribution in [2.75, 3.05) is 32.3 Å². The highest BCUT2D eigenvalue weighted by atomic mass is 35.6. The number of amides is 3. The molecule has 18 nitrogen and oxygen atoms in total. The number of benzene rings is 3. The Balaban J connectivity index is 1.50. The van der Waals surface area contributed by atoms with E-state index in [9.17, 15) is 28.8 Å². The third-order valence-corrected chi connectivity index (χ3v) is 12.0. The minimum atomic E-state index is -2.06. The van der Waals surface area contributed by atoms with Crippen LogP contribution >= 0.6 is 46.4 Å². The summed E-state index contributed by atoms with van der Waals surface area (Å²) in [6.07, 6.45) is -10.1. The molecule has 3 heterocycles. The van der Waals surface area contributed by atoms with E-state index in [2.05, 4.69) is 5.32 Å². The predicted molar refractivity (Wildman–Crippen MR) is 255 cm³/mol. The highest BCUT2D eigenvalue weighted by Crippen LogP contribution is 2.39. The van der Waals surface area contributed by atoms with Crippen molar-refractivity contribution in [1.82, 2.24) is 10.2 Å². The first-order valence-corrected chi connectivity index (χ1v) is 24.6. The van der Waals surface area contributed by atoms with Crippen molar-refractivity contribution in [3.05, 3.63) is 107 Å². The van der Waals surface area contributed by atoms with Gasteiger partial charge in [0, 0.05) is 33.3 Å². The van der Waals surface area contributed by atoms with E-state index in [4.69, 9.17) is 93.8 Å². The first kappa shape index (κ1) is 55.7. The number of esters is 3. The molecule has 0 radical (unpaired) electrons. The van der Waals surface area contributed by atoms with Gasteiger partial charge in [0.05, 0.1) is 30.9 Å². The SMILES string of the molecule is CC(=O)OC[C@H]1O[C@@H](O[C@H]2[C@H](OCc3ccccc3)[C@@H](N3C(=O)c4ccccc4C3=O)[C@H](OCCCCCCCl)O[C@@H]2COCc2ccccc2)[C@H](NC(=O)OCC(Cl)(Cl)Cl)[C@@H](OC(C)=O)[C@H]1OC(C)=O. The smallest absolute Gasteiger partial charge is 0.407 e. The summed E-state index contributed by atoms with van der Waals surface area (Å²) in [6.45, 7) is 1.86. The molecule has 1 N–H and O–H groups in total. The Morgan fingerprint density at radius 2 is 1.20 bits per heavy atom. The van der Waals surface area contributed by atoms with Gasteiger partial charge >= 0.3 is 24.0 Å². The molecular formula is C49H56Cl4N2O16. The molecule has 0 spiro atoms. The Bertz CT molecular complexity index is 2220. The molecule has 3 aliphatic heterocycles. The molecule has 386 valence electrons. The normalized spacial score (nSPS) is 25.3. The zero-order valence-corrected chi connectivity index (χ0v) is 42.1. The van der Waals surface area contributed by atoms with Gasteiger partial charge in [0.2, 0.25) is 3.79 Å². The molecule has 2 fully saturated rings. The van der Waals surface area contributed by atoms with E-state index in [0.29, 0.717) is 17.9 Å². The minimum absolute atomic E-state index is 0.0963. The summed E-state index contributed by atoms with van der Waals surface area (Å²) in [7, 11) is 0. The lowest BCUT2D eigenvalue weighted by Gasteiger charge is -2.51. The molecule has 3 aromatic carbocycles. The number of nitrogens with zero attached hydrogens (tertiary/aromatic N) is 1. The third-order valence-electron chi connectivity index (χ3n) is 11.4. The summed E-state index contributed by atoms with van der Waals surface area (Å²) >= 11 is 23.7. The summed E-state index contributed by atoms with van der Waals surface area (Å²) < 4.78 is 59.9. The molecule has 0 bridgehead atoms. The third kappa shape index (κ3) is 15.9. The monoisotopic (exact) mass is 1070 g/mol. The first-order chi connectivity index (χ1) is 34.0. The van der Waals surface area contributed by atoms with Gasteiger partial charge in [-0.05, 0) is 36.1 Å². The van der Waals surface area contributed by atoms with Crippen molar-refractivity contribution >= 4 is 82.2 Å². The first-order valence-electron chi connectivity index (χ1n) is 22.9. The molecule has 6 rings (SSSR count). The van der Waals surface area contributed by atoms with Crippen LogP contribution in [0.3, 0.4) is 0 Å². The lowest BCUT2D eigenvalue weighted by atomic mass is 9.93. The van der Waals surface area contributed by atoms with E-state index < -0.39 is 114 Å². The maximum atomic E-state index is 14.6. The number of carbonyl (C=O) groups excluding carboxylic acids is 6. The highest BCUT2D eigenvalue weighted by molar-refractivity contribution is 6.67. The predicted octanol–water partition coefficient (Wildman–Crippen LogP) is 7.00. The van der Waals surface area contributed by atoms with Crippen LogP contribution in [0, 0.1) is 0 Å². The van der Waals surface area contributed by atoms with E-state index in [1.54, 1.807) is 24.3 Å². The fraction of sp³-hybridized carbons (Fsp3) is 0.510. The number of rotatable bonds is 23. The molecule has 3 aromatic rings. The molecule has 10 atom stereocenters. The Morgan fingerprint density at radius 1 is 0.634 bits per heavy atom. The number of fused-ring (bicyclic) bond motifs is 1. The fourth-order valence-electron chi connectivity index (χ4n) is 8.30. The second kappa shape index (κ2) is 26.9. The van der Waals surface area contributed by atoms with Crippen LogP contribution in [-0.2, 0) is 75.0 Å². The average molecular weight is 1070 g/mol. The molecule has 0 saturated carbocycles. The van der Waals surface area contributed by atoms with E-state index >= 15 is 0 Å². The number of nitrogens with one attached hydrogen (secondary N) is 1. The number of unbranched alkanes of at least 4 members (excludes halogenated alkanes) is 3. The quantitative estimate of drug-likeness (QED) is 0.0333. The Hall–Kier alpha value is -4.60. The Labute approximate surface area is 430 Å². The summed E-state index contributed by atoms with van der Waals surface area (Å²) in [6, 6.07) is 21.6. The second-order valence-corrected chi connectivity index (χ2v) is 19.6. The van der Waals surface area contributed by atoms with Crippen molar-refractivity contribution in [3.8, 4) is 0 Å². The lowest BCUT2D eigenvalue weighted by molar-refractivity contribution is -0.343. The number of alkyl halides is 4. The van der Waals surface area contributed by atoms with Crippen LogP contribution in [-0.4, -0.2) is 138 Å². The number of carbonyl (C=O) groups is 6. The highest BCUT2D eigenvalue weighted by Gasteiger charge is 2.59. The van der Waals surface area contributed by atoms with Crippen LogP contribution in [0.5, 0.6) is 0 Å². The maximum absolute atomic E-state index is 14.6. The minimum Gasteiger partial charge on any atom is -0.463 e. The van der Waals surface area contributed by atoms with Gasteiger partial charge in [0.25, 0.3) is 11.8 Å². The number of hydrogen-bond donors (Lipinski definition) is 1. The van der Waals surface area contributed by atoms with Gasteiger partial charge < -0.3 is 52.7 Å². The van der Waals surface area contributed by atoms with Crippen LogP contribution in [0.4, 0.5) is 4.79 Å². The van der Waals surface area contributed by atoms with Crippen LogP contribution in [0.2, 0.25) is 0 Å². The summed E-state index contributed by atoms with van der Waals surface area (Å²) in [5, 5.41) is 2.55. The molecule has 0 unspecified atom stereocenters. The maximum Gasteiger partial charge on any atom is 0.407 e. The van der Waals surface area contributed by atoms with Gasteiger partial charge in [-0.15, -0.1) is 11.6 Å². The van der Waals surface area contributed by atoms with E-state index in [1.165, 1.54) is 12.1 Å². The molecule has 71 heavy (non-hydrogen) atoms. The largest absolute Gasteiger partial charge is 0.463 e.